The Balaban J connectivity index is 1.60. The lowest BCUT2D eigenvalue weighted by atomic mass is 10.2. The molecule has 0 amide bonds. The first-order valence-electron chi connectivity index (χ1n) is 10.3. The van der Waals surface area contributed by atoms with E-state index < -0.39 is 5.97 Å². The standard InChI is InChI=1S/C24H18N4O3S/c29-23-21(25-15-7-8-15)26-22-19(13-20(32-22)24(30)31)28(23)17-9-6-14-10-11-27(18(14)12-17)16-4-2-1-3-5-16/h1-6,9-13,15H,7-8H2,(H,25,26)(H,30,31). The Kier molecular flexibility index (Phi) is 4.16. The number of carbonyl (C=O) groups is 1. The zero-order valence-corrected chi connectivity index (χ0v) is 17.7. The molecule has 0 unspecified atom stereocenters. The molecule has 0 saturated heterocycles. The molecular weight excluding hydrogens is 424 g/mol. The van der Waals surface area contributed by atoms with Gasteiger partial charge in [0.1, 0.15) is 9.71 Å². The highest BCUT2D eigenvalue weighted by Crippen LogP contribution is 2.30. The Hall–Kier alpha value is -3.91. The van der Waals surface area contributed by atoms with Gasteiger partial charge in [-0.1, -0.05) is 24.3 Å². The van der Waals surface area contributed by atoms with Crippen LogP contribution in [0.4, 0.5) is 5.82 Å². The molecule has 0 atom stereocenters. The Morgan fingerprint density at radius 2 is 1.84 bits per heavy atom. The smallest absolute Gasteiger partial charge is 0.346 e. The fraction of sp³-hybridized carbons (Fsp3) is 0.125. The fourth-order valence-corrected chi connectivity index (χ4v) is 4.78. The molecule has 0 radical (unpaired) electrons. The van der Waals surface area contributed by atoms with Gasteiger partial charge in [-0.15, -0.1) is 11.3 Å². The molecule has 3 aromatic heterocycles. The second-order valence-electron chi connectivity index (χ2n) is 7.89. The molecule has 2 N–H and O–H groups in total. The van der Waals surface area contributed by atoms with E-state index in [0.29, 0.717) is 16.0 Å². The summed E-state index contributed by atoms with van der Waals surface area (Å²) in [6.07, 6.45) is 4.00. The number of thiophene rings is 1. The van der Waals surface area contributed by atoms with Crippen LogP contribution in [0.15, 0.2) is 71.7 Å². The first kappa shape index (κ1) is 18.8. The molecular formula is C24H18N4O3S. The van der Waals surface area contributed by atoms with Crippen LogP contribution >= 0.6 is 11.3 Å². The number of benzene rings is 2. The zero-order chi connectivity index (χ0) is 21.8. The molecule has 1 aliphatic carbocycles. The van der Waals surface area contributed by atoms with Crippen LogP contribution in [0, 0.1) is 0 Å². The van der Waals surface area contributed by atoms with Gasteiger partial charge in [0, 0.05) is 23.3 Å². The monoisotopic (exact) mass is 442 g/mol. The van der Waals surface area contributed by atoms with Crippen LogP contribution in [-0.4, -0.2) is 31.2 Å². The number of fused-ring (bicyclic) bond motifs is 2. The third kappa shape index (κ3) is 3.07. The number of hydrogen-bond donors (Lipinski definition) is 2. The average Bonchev–Trinajstić information content (AvgIpc) is 3.35. The summed E-state index contributed by atoms with van der Waals surface area (Å²) in [5.74, 6) is -0.769. The van der Waals surface area contributed by atoms with Gasteiger partial charge >= 0.3 is 5.97 Å². The van der Waals surface area contributed by atoms with E-state index in [1.165, 1.54) is 6.07 Å². The van der Waals surface area contributed by atoms with Gasteiger partial charge < -0.3 is 15.0 Å². The van der Waals surface area contributed by atoms with Crippen molar-refractivity contribution in [1.29, 1.82) is 0 Å². The molecule has 0 aliphatic heterocycles. The summed E-state index contributed by atoms with van der Waals surface area (Å²) in [7, 11) is 0. The Morgan fingerprint density at radius 1 is 1.03 bits per heavy atom. The van der Waals surface area contributed by atoms with Gasteiger partial charge in [-0.3, -0.25) is 9.36 Å². The van der Waals surface area contributed by atoms with Crippen molar-refractivity contribution in [3.05, 3.63) is 82.1 Å². The maximum atomic E-state index is 13.4. The van der Waals surface area contributed by atoms with E-state index in [1.54, 1.807) is 4.57 Å². The molecule has 7 nitrogen and oxygen atoms in total. The molecule has 1 saturated carbocycles. The van der Waals surface area contributed by atoms with E-state index in [-0.39, 0.29) is 22.3 Å². The minimum Gasteiger partial charge on any atom is -0.477 e. The molecule has 6 rings (SSSR count). The molecule has 8 heteroatoms. The van der Waals surface area contributed by atoms with Gasteiger partial charge in [-0.2, -0.15) is 0 Å². The van der Waals surface area contributed by atoms with Crippen molar-refractivity contribution in [2.24, 2.45) is 0 Å². The number of anilines is 1. The van der Waals surface area contributed by atoms with E-state index in [9.17, 15) is 14.7 Å². The van der Waals surface area contributed by atoms with E-state index in [1.807, 2.05) is 60.8 Å². The minimum atomic E-state index is -1.03. The first-order valence-corrected chi connectivity index (χ1v) is 11.1. The van der Waals surface area contributed by atoms with Gasteiger partial charge in [-0.05, 0) is 49.2 Å². The highest BCUT2D eigenvalue weighted by molar-refractivity contribution is 7.20. The quantitative estimate of drug-likeness (QED) is 0.413. The second kappa shape index (κ2) is 7.06. The summed E-state index contributed by atoms with van der Waals surface area (Å²) in [4.78, 5) is 30.2. The molecule has 0 bridgehead atoms. The SMILES string of the molecule is O=C(O)c1cc2c(nc(NC3CC3)c(=O)n2-c2ccc3ccn(-c4ccccc4)c3c2)s1. The highest BCUT2D eigenvalue weighted by Gasteiger charge is 2.25. The Morgan fingerprint density at radius 3 is 2.59 bits per heavy atom. The molecule has 5 aromatic rings. The number of nitrogens with one attached hydrogen (secondary N) is 1. The first-order chi connectivity index (χ1) is 15.6. The number of para-hydroxylation sites is 1. The molecule has 3 heterocycles. The van der Waals surface area contributed by atoms with Gasteiger partial charge in [0.05, 0.1) is 16.7 Å². The lowest BCUT2D eigenvalue weighted by Gasteiger charge is -2.12. The maximum Gasteiger partial charge on any atom is 0.346 e. The number of hydrogen-bond acceptors (Lipinski definition) is 5. The zero-order valence-electron chi connectivity index (χ0n) is 16.9. The van der Waals surface area contributed by atoms with Crippen molar-refractivity contribution in [3.8, 4) is 11.4 Å². The third-order valence-corrected chi connectivity index (χ3v) is 6.66. The number of rotatable bonds is 5. The molecule has 1 aliphatic rings. The molecule has 0 spiro atoms. The van der Waals surface area contributed by atoms with Crippen molar-refractivity contribution in [2.75, 3.05) is 5.32 Å². The Labute approximate surface area is 186 Å². The van der Waals surface area contributed by atoms with Crippen LogP contribution in [-0.2, 0) is 0 Å². The van der Waals surface area contributed by atoms with Crippen molar-refractivity contribution < 1.29 is 9.90 Å². The van der Waals surface area contributed by atoms with Crippen molar-refractivity contribution in [2.45, 2.75) is 18.9 Å². The van der Waals surface area contributed by atoms with Crippen molar-refractivity contribution in [3.63, 3.8) is 0 Å². The lowest BCUT2D eigenvalue weighted by Crippen LogP contribution is -2.24. The summed E-state index contributed by atoms with van der Waals surface area (Å²) in [6.45, 7) is 0. The molecule has 158 valence electrons. The maximum absolute atomic E-state index is 13.4. The third-order valence-electron chi connectivity index (χ3n) is 5.65. The van der Waals surface area contributed by atoms with Crippen LogP contribution in [0.25, 0.3) is 32.6 Å². The number of aromatic nitrogens is 3. The van der Waals surface area contributed by atoms with E-state index in [0.717, 1.165) is 40.8 Å². The van der Waals surface area contributed by atoms with Crippen molar-refractivity contribution in [1.82, 2.24) is 14.1 Å². The van der Waals surface area contributed by atoms with E-state index in [4.69, 9.17) is 0 Å². The van der Waals surface area contributed by atoms with Gasteiger partial charge in [0.2, 0.25) is 0 Å². The summed E-state index contributed by atoms with van der Waals surface area (Å²) < 4.78 is 3.64. The predicted octanol–water partition coefficient (Wildman–Crippen LogP) is 4.66. The number of carboxylic acid groups (broad SMARTS) is 1. The van der Waals surface area contributed by atoms with Crippen LogP contribution in [0.5, 0.6) is 0 Å². The Bertz CT molecular complexity index is 1560. The highest BCUT2D eigenvalue weighted by atomic mass is 32.1. The number of carboxylic acids is 1. The van der Waals surface area contributed by atoms with Crippen LogP contribution in [0.3, 0.4) is 0 Å². The van der Waals surface area contributed by atoms with E-state index >= 15 is 0 Å². The largest absolute Gasteiger partial charge is 0.477 e. The van der Waals surface area contributed by atoms with Crippen LogP contribution in [0.2, 0.25) is 0 Å². The van der Waals surface area contributed by atoms with Gasteiger partial charge in [-0.25, -0.2) is 9.78 Å². The van der Waals surface area contributed by atoms with Crippen LogP contribution < -0.4 is 10.9 Å². The van der Waals surface area contributed by atoms with Crippen molar-refractivity contribution >= 4 is 44.4 Å². The van der Waals surface area contributed by atoms with E-state index in [2.05, 4.69) is 14.9 Å². The number of aromatic carboxylic acids is 1. The fourth-order valence-electron chi connectivity index (χ4n) is 3.92. The summed E-state index contributed by atoms with van der Waals surface area (Å²) in [5, 5.41) is 13.7. The predicted molar refractivity (Wildman–Crippen MR) is 126 cm³/mol. The number of nitrogens with zero attached hydrogens (tertiary/aromatic N) is 3. The minimum absolute atomic E-state index is 0.151. The van der Waals surface area contributed by atoms with Crippen LogP contribution in [0.1, 0.15) is 22.5 Å². The normalized spacial score (nSPS) is 13.6. The van der Waals surface area contributed by atoms with Gasteiger partial charge in [0.15, 0.2) is 5.82 Å². The summed E-state index contributed by atoms with van der Waals surface area (Å²) in [5.41, 5.74) is 2.86. The lowest BCUT2D eigenvalue weighted by molar-refractivity contribution is 0.0702. The molecule has 1 fully saturated rings. The molecule has 2 aromatic carbocycles. The average molecular weight is 443 g/mol. The topological polar surface area (TPSA) is 89.2 Å². The summed E-state index contributed by atoms with van der Waals surface area (Å²) >= 11 is 1.07. The van der Waals surface area contributed by atoms with Gasteiger partial charge in [0.25, 0.3) is 5.56 Å². The molecule has 32 heavy (non-hydrogen) atoms. The summed E-state index contributed by atoms with van der Waals surface area (Å²) in [6, 6.07) is 19.6. The second-order valence-corrected chi connectivity index (χ2v) is 8.92.